The Morgan fingerprint density at radius 2 is 2.05 bits per heavy atom. The molecule has 0 N–H and O–H groups in total. The number of amides is 1. The van der Waals surface area contributed by atoms with Crippen LogP contribution in [0.3, 0.4) is 0 Å². The molecular weight excluding hydrogens is 309 g/mol. The van der Waals surface area contributed by atoms with Crippen LogP contribution in [0.15, 0.2) is 47.7 Å². The molecular formula is C14H15FN2O2P2. The molecule has 0 aliphatic rings. The van der Waals surface area contributed by atoms with Gasteiger partial charge in [0.1, 0.15) is 12.0 Å². The normalized spacial score (nSPS) is 11.2. The minimum Gasteiger partial charge on any atom is -0.364 e. The fourth-order valence-corrected chi connectivity index (χ4v) is 2.23. The summed E-state index contributed by atoms with van der Waals surface area (Å²) in [5.74, 6) is -0.206. The lowest BCUT2D eigenvalue weighted by Crippen LogP contribution is -2.23. The molecule has 7 heteroatoms. The minimum absolute atomic E-state index is 0.206. The average Bonchev–Trinajstić information content (AvgIpc) is 2.95. The van der Waals surface area contributed by atoms with Crippen LogP contribution in [0.1, 0.15) is 5.56 Å². The third-order valence-electron chi connectivity index (χ3n) is 3.02. The van der Waals surface area contributed by atoms with Gasteiger partial charge >= 0.3 is 0 Å². The van der Waals surface area contributed by atoms with Crippen molar-refractivity contribution in [1.82, 2.24) is 5.16 Å². The van der Waals surface area contributed by atoms with Gasteiger partial charge in [-0.1, -0.05) is 42.3 Å². The maximum atomic E-state index is 14.0. The maximum absolute atomic E-state index is 14.0. The standard InChI is InChI=1S/C14H15FN2O2P2/c1-3-12(18)17(2)10-6-4-9(5-7-10)13-11(8-19-16-13)14(15,20)21/h3-8H,1,20-21H2,2H3. The van der Waals surface area contributed by atoms with Crippen molar-refractivity contribution in [3.8, 4) is 11.3 Å². The van der Waals surface area contributed by atoms with Gasteiger partial charge in [0.05, 0.1) is 5.56 Å². The Labute approximate surface area is 126 Å². The number of hydrogen-bond donors (Lipinski definition) is 0. The van der Waals surface area contributed by atoms with Crippen LogP contribution in [0.25, 0.3) is 11.3 Å². The van der Waals surface area contributed by atoms with E-state index in [0.29, 0.717) is 22.5 Å². The van der Waals surface area contributed by atoms with Crippen molar-refractivity contribution in [3.63, 3.8) is 0 Å². The van der Waals surface area contributed by atoms with Crippen LogP contribution >= 0.6 is 18.5 Å². The molecule has 1 aromatic heterocycles. The molecule has 2 atom stereocenters. The highest BCUT2D eigenvalue weighted by atomic mass is 31.1. The SMILES string of the molecule is C=CC(=O)N(C)c1ccc(-c2nocc2C(F)(P)P)cc1. The molecule has 1 aromatic carbocycles. The lowest BCUT2D eigenvalue weighted by Gasteiger charge is -2.16. The van der Waals surface area contributed by atoms with Gasteiger partial charge in [0.15, 0.2) is 5.15 Å². The molecule has 2 rings (SSSR count). The summed E-state index contributed by atoms with van der Waals surface area (Å²) in [7, 11) is 5.81. The molecule has 21 heavy (non-hydrogen) atoms. The maximum Gasteiger partial charge on any atom is 0.250 e. The highest BCUT2D eigenvalue weighted by molar-refractivity contribution is 7.38. The summed E-state index contributed by atoms with van der Waals surface area (Å²) in [6, 6.07) is 7.01. The number of anilines is 1. The van der Waals surface area contributed by atoms with E-state index in [1.54, 1.807) is 31.3 Å². The fraction of sp³-hybridized carbons (Fsp3) is 0.143. The Balaban J connectivity index is 2.34. The topological polar surface area (TPSA) is 46.3 Å². The molecule has 2 unspecified atom stereocenters. The zero-order chi connectivity index (χ0) is 15.6. The van der Waals surface area contributed by atoms with Gasteiger partial charge < -0.3 is 9.42 Å². The Hall–Kier alpha value is -1.57. The summed E-state index contributed by atoms with van der Waals surface area (Å²) in [6.45, 7) is 3.44. The van der Waals surface area contributed by atoms with Gasteiger partial charge in [0.2, 0.25) is 5.91 Å². The number of carbonyl (C=O) groups is 1. The van der Waals surface area contributed by atoms with E-state index in [1.165, 1.54) is 17.2 Å². The van der Waals surface area contributed by atoms with Crippen LogP contribution in [0.4, 0.5) is 10.1 Å². The predicted molar refractivity (Wildman–Crippen MR) is 87.8 cm³/mol. The van der Waals surface area contributed by atoms with Crippen LogP contribution in [0, 0.1) is 0 Å². The second-order valence-corrected chi connectivity index (χ2v) is 6.84. The minimum atomic E-state index is -1.70. The second kappa shape index (κ2) is 6.05. The van der Waals surface area contributed by atoms with Crippen molar-refractivity contribution in [2.45, 2.75) is 5.15 Å². The van der Waals surface area contributed by atoms with Gasteiger partial charge in [0.25, 0.3) is 0 Å². The van der Waals surface area contributed by atoms with Crippen molar-refractivity contribution < 1.29 is 13.7 Å². The number of benzene rings is 1. The number of alkyl halides is 1. The largest absolute Gasteiger partial charge is 0.364 e. The number of aromatic nitrogens is 1. The third-order valence-corrected chi connectivity index (χ3v) is 3.64. The Bertz CT molecular complexity index is 662. The molecule has 0 aliphatic carbocycles. The molecule has 2 aromatic rings. The van der Waals surface area contributed by atoms with E-state index in [9.17, 15) is 9.18 Å². The lowest BCUT2D eigenvalue weighted by atomic mass is 10.1. The highest BCUT2D eigenvalue weighted by Gasteiger charge is 2.27. The third kappa shape index (κ3) is 3.37. The average molecular weight is 324 g/mol. The fourth-order valence-electron chi connectivity index (χ4n) is 1.82. The first-order valence-electron chi connectivity index (χ1n) is 6.06. The second-order valence-electron chi connectivity index (χ2n) is 4.49. The quantitative estimate of drug-likeness (QED) is 0.640. The van der Waals surface area contributed by atoms with E-state index >= 15 is 0 Å². The van der Waals surface area contributed by atoms with E-state index in [2.05, 4.69) is 30.2 Å². The van der Waals surface area contributed by atoms with Crippen LogP contribution in [0.2, 0.25) is 0 Å². The number of nitrogens with zero attached hydrogens (tertiary/aromatic N) is 2. The van der Waals surface area contributed by atoms with E-state index in [4.69, 9.17) is 4.52 Å². The summed E-state index contributed by atoms with van der Waals surface area (Å²) in [5, 5.41) is 2.14. The van der Waals surface area contributed by atoms with Gasteiger partial charge in [-0.15, -0.1) is 0 Å². The van der Waals surface area contributed by atoms with Crippen LogP contribution in [0.5, 0.6) is 0 Å². The van der Waals surface area contributed by atoms with Crippen LogP contribution in [-0.4, -0.2) is 18.1 Å². The van der Waals surface area contributed by atoms with Crippen LogP contribution < -0.4 is 4.90 Å². The highest BCUT2D eigenvalue weighted by Crippen LogP contribution is 2.44. The number of likely N-dealkylation sites (N-methyl/N-ethyl adjacent to an activating group) is 1. The summed E-state index contributed by atoms with van der Waals surface area (Å²) in [5.41, 5.74) is 2.15. The summed E-state index contributed by atoms with van der Waals surface area (Å²) in [4.78, 5) is 13.0. The van der Waals surface area contributed by atoms with Crippen molar-refractivity contribution in [3.05, 3.63) is 48.7 Å². The monoisotopic (exact) mass is 324 g/mol. The van der Waals surface area contributed by atoms with Crippen molar-refractivity contribution >= 4 is 30.1 Å². The summed E-state index contributed by atoms with van der Waals surface area (Å²) in [6.07, 6.45) is 2.51. The lowest BCUT2D eigenvalue weighted by molar-refractivity contribution is -0.113. The van der Waals surface area contributed by atoms with E-state index < -0.39 is 5.15 Å². The molecule has 1 amide bonds. The van der Waals surface area contributed by atoms with Crippen molar-refractivity contribution in [2.24, 2.45) is 0 Å². The van der Waals surface area contributed by atoms with Gasteiger partial charge in [-0.05, 0) is 18.2 Å². The first kappa shape index (κ1) is 15.8. The smallest absolute Gasteiger partial charge is 0.250 e. The van der Waals surface area contributed by atoms with Crippen LogP contribution in [-0.2, 0) is 9.95 Å². The molecule has 0 bridgehead atoms. The van der Waals surface area contributed by atoms with E-state index in [1.807, 2.05) is 0 Å². The molecule has 1 heterocycles. The zero-order valence-electron chi connectivity index (χ0n) is 11.4. The first-order chi connectivity index (χ1) is 9.84. The number of carbonyl (C=O) groups excluding carboxylic acids is 1. The number of rotatable bonds is 4. The van der Waals surface area contributed by atoms with E-state index in [0.717, 1.165) is 0 Å². The Morgan fingerprint density at radius 3 is 2.57 bits per heavy atom. The zero-order valence-corrected chi connectivity index (χ0v) is 13.7. The summed E-state index contributed by atoms with van der Waals surface area (Å²) >= 11 is 0. The molecule has 0 spiro atoms. The molecule has 0 radical (unpaired) electrons. The molecule has 4 nitrogen and oxygen atoms in total. The molecule has 110 valence electrons. The predicted octanol–water partition coefficient (Wildman–Crippen LogP) is 3.32. The Kier molecular flexibility index (Phi) is 4.55. The summed E-state index contributed by atoms with van der Waals surface area (Å²) < 4.78 is 18.9. The Morgan fingerprint density at radius 1 is 1.43 bits per heavy atom. The molecule has 0 aliphatic heterocycles. The van der Waals surface area contributed by atoms with Gasteiger partial charge in [-0.2, -0.15) is 0 Å². The van der Waals surface area contributed by atoms with Gasteiger partial charge in [0, 0.05) is 18.3 Å². The molecule has 0 saturated heterocycles. The molecule has 0 saturated carbocycles. The molecule has 0 fully saturated rings. The number of hydrogen-bond acceptors (Lipinski definition) is 3. The van der Waals surface area contributed by atoms with Crippen molar-refractivity contribution in [2.75, 3.05) is 11.9 Å². The number of halogens is 1. The van der Waals surface area contributed by atoms with Crippen molar-refractivity contribution in [1.29, 1.82) is 0 Å². The van der Waals surface area contributed by atoms with Gasteiger partial charge in [-0.3, -0.25) is 4.79 Å². The first-order valence-corrected chi connectivity index (χ1v) is 7.22. The van der Waals surface area contributed by atoms with Gasteiger partial charge in [-0.25, -0.2) is 4.39 Å². The van der Waals surface area contributed by atoms with E-state index in [-0.39, 0.29) is 5.91 Å².